The Bertz CT molecular complexity index is 740. The Labute approximate surface area is 147 Å². The van der Waals surface area contributed by atoms with Gasteiger partial charge in [-0.05, 0) is 25.8 Å². The van der Waals surface area contributed by atoms with Crippen molar-refractivity contribution in [2.75, 3.05) is 19.9 Å². The summed E-state index contributed by atoms with van der Waals surface area (Å²) >= 11 is 0. The maximum Gasteiger partial charge on any atom is 0.231 e. The van der Waals surface area contributed by atoms with Gasteiger partial charge in [0.05, 0.1) is 12.6 Å². The van der Waals surface area contributed by atoms with Crippen molar-refractivity contribution in [3.05, 3.63) is 35.4 Å². The number of nitrogens with zero attached hydrogens (tertiary/aromatic N) is 4. The number of hydrogen-bond donors (Lipinski definition) is 0. The highest BCUT2D eigenvalue weighted by molar-refractivity contribution is 5.48. The van der Waals surface area contributed by atoms with Crippen molar-refractivity contribution in [3.63, 3.8) is 0 Å². The summed E-state index contributed by atoms with van der Waals surface area (Å²) in [6, 6.07) is 6.06. The van der Waals surface area contributed by atoms with Gasteiger partial charge in [-0.1, -0.05) is 12.1 Å². The van der Waals surface area contributed by atoms with E-state index in [2.05, 4.69) is 21.2 Å². The van der Waals surface area contributed by atoms with Crippen LogP contribution in [0.5, 0.6) is 11.5 Å². The van der Waals surface area contributed by atoms with E-state index in [9.17, 15) is 0 Å². The van der Waals surface area contributed by atoms with Crippen LogP contribution >= 0.6 is 0 Å². The maximum absolute atomic E-state index is 5.85. The highest BCUT2D eigenvalue weighted by atomic mass is 16.7. The molecule has 7 nitrogen and oxygen atoms in total. The SMILES string of the molecule is Cc1nnc(CN(Cc2cccc3c2OCO3)C[C@H]2CCCO2)n1C. The van der Waals surface area contributed by atoms with Crippen LogP contribution in [0.25, 0.3) is 0 Å². The van der Waals surface area contributed by atoms with Gasteiger partial charge >= 0.3 is 0 Å². The van der Waals surface area contributed by atoms with E-state index in [0.717, 1.165) is 67.8 Å². The molecular formula is C18H24N4O3. The Morgan fingerprint density at radius 2 is 2.16 bits per heavy atom. The second-order valence-corrected chi connectivity index (χ2v) is 6.68. The van der Waals surface area contributed by atoms with Crippen molar-refractivity contribution in [1.82, 2.24) is 19.7 Å². The summed E-state index contributed by atoms with van der Waals surface area (Å²) in [5.41, 5.74) is 1.13. The molecule has 1 fully saturated rings. The average Bonchev–Trinajstić information content (AvgIpc) is 3.34. The Kier molecular flexibility index (Phi) is 4.59. The second kappa shape index (κ2) is 7.01. The molecule has 1 saturated heterocycles. The Morgan fingerprint density at radius 1 is 1.24 bits per heavy atom. The molecule has 7 heteroatoms. The molecule has 0 saturated carbocycles. The van der Waals surface area contributed by atoms with Gasteiger partial charge in [-0.25, -0.2) is 0 Å². The molecule has 0 bridgehead atoms. The topological polar surface area (TPSA) is 61.6 Å². The summed E-state index contributed by atoms with van der Waals surface area (Å²) < 4.78 is 19.1. The molecule has 0 radical (unpaired) electrons. The summed E-state index contributed by atoms with van der Waals surface area (Å²) in [7, 11) is 2.01. The fourth-order valence-corrected chi connectivity index (χ4v) is 3.41. The average molecular weight is 344 g/mol. The van der Waals surface area contributed by atoms with E-state index in [-0.39, 0.29) is 6.10 Å². The molecule has 1 aromatic heterocycles. The maximum atomic E-state index is 5.85. The molecule has 0 unspecified atom stereocenters. The minimum atomic E-state index is 0.281. The molecule has 0 aliphatic carbocycles. The Morgan fingerprint density at radius 3 is 2.92 bits per heavy atom. The summed E-state index contributed by atoms with van der Waals surface area (Å²) in [5.74, 6) is 3.56. The minimum Gasteiger partial charge on any atom is -0.454 e. The number of benzene rings is 1. The Balaban J connectivity index is 1.54. The highest BCUT2D eigenvalue weighted by Crippen LogP contribution is 2.36. The highest BCUT2D eigenvalue weighted by Gasteiger charge is 2.24. The number of aryl methyl sites for hydroxylation is 1. The van der Waals surface area contributed by atoms with Crippen molar-refractivity contribution in [1.29, 1.82) is 0 Å². The third-order valence-electron chi connectivity index (χ3n) is 4.91. The molecule has 1 aromatic carbocycles. The van der Waals surface area contributed by atoms with E-state index in [1.807, 2.05) is 30.7 Å². The monoisotopic (exact) mass is 344 g/mol. The number of aromatic nitrogens is 3. The first-order valence-corrected chi connectivity index (χ1v) is 8.77. The third-order valence-corrected chi connectivity index (χ3v) is 4.91. The van der Waals surface area contributed by atoms with Crippen LogP contribution in [-0.2, 0) is 24.9 Å². The summed E-state index contributed by atoms with van der Waals surface area (Å²) in [5, 5.41) is 8.49. The largest absolute Gasteiger partial charge is 0.454 e. The van der Waals surface area contributed by atoms with Gasteiger partial charge in [0.1, 0.15) is 11.6 Å². The van der Waals surface area contributed by atoms with Crippen LogP contribution in [0.3, 0.4) is 0 Å². The minimum absolute atomic E-state index is 0.281. The van der Waals surface area contributed by atoms with Gasteiger partial charge in [-0.3, -0.25) is 4.90 Å². The van der Waals surface area contributed by atoms with Crippen molar-refractivity contribution in [2.45, 2.75) is 39.0 Å². The van der Waals surface area contributed by atoms with Crippen molar-refractivity contribution < 1.29 is 14.2 Å². The van der Waals surface area contributed by atoms with Gasteiger partial charge in [-0.15, -0.1) is 10.2 Å². The fraction of sp³-hybridized carbons (Fsp3) is 0.556. The van der Waals surface area contributed by atoms with Crippen LogP contribution in [-0.4, -0.2) is 45.7 Å². The first-order chi connectivity index (χ1) is 12.2. The summed E-state index contributed by atoms with van der Waals surface area (Å²) in [4.78, 5) is 2.36. The molecular weight excluding hydrogens is 320 g/mol. The number of para-hydroxylation sites is 1. The van der Waals surface area contributed by atoms with Gasteiger partial charge in [0.15, 0.2) is 11.5 Å². The van der Waals surface area contributed by atoms with E-state index in [1.54, 1.807) is 0 Å². The number of fused-ring (bicyclic) bond motifs is 1. The lowest BCUT2D eigenvalue weighted by atomic mass is 10.1. The van der Waals surface area contributed by atoms with Crippen LogP contribution < -0.4 is 9.47 Å². The molecule has 3 heterocycles. The fourth-order valence-electron chi connectivity index (χ4n) is 3.41. The quantitative estimate of drug-likeness (QED) is 0.799. The molecule has 2 aromatic rings. The van der Waals surface area contributed by atoms with Crippen molar-refractivity contribution in [2.24, 2.45) is 7.05 Å². The lowest BCUT2D eigenvalue weighted by molar-refractivity contribution is 0.0662. The van der Waals surface area contributed by atoms with Crippen molar-refractivity contribution in [3.8, 4) is 11.5 Å². The van der Waals surface area contributed by atoms with E-state index >= 15 is 0 Å². The van der Waals surface area contributed by atoms with Gasteiger partial charge in [0, 0.05) is 32.3 Å². The van der Waals surface area contributed by atoms with Gasteiger partial charge in [-0.2, -0.15) is 0 Å². The number of hydrogen-bond acceptors (Lipinski definition) is 6. The lowest BCUT2D eigenvalue weighted by Crippen LogP contribution is -2.32. The standard InChI is InChI=1S/C18H24N4O3/c1-13-19-20-17(21(13)2)11-22(10-15-6-4-8-23-15)9-14-5-3-7-16-18(14)25-12-24-16/h3,5,7,15H,4,6,8-12H2,1-2H3/t15-/m1/s1. The number of ether oxygens (including phenoxy) is 3. The van der Waals surface area contributed by atoms with Crippen LogP contribution in [0, 0.1) is 6.92 Å². The van der Waals surface area contributed by atoms with Crippen LogP contribution in [0.15, 0.2) is 18.2 Å². The Hall–Kier alpha value is -2.12. The van der Waals surface area contributed by atoms with Crippen LogP contribution in [0.1, 0.15) is 30.1 Å². The second-order valence-electron chi connectivity index (χ2n) is 6.68. The number of rotatable bonds is 6. The summed E-state index contributed by atoms with van der Waals surface area (Å²) in [6.07, 6.45) is 2.53. The van der Waals surface area contributed by atoms with Gasteiger partial charge in [0.2, 0.25) is 6.79 Å². The van der Waals surface area contributed by atoms with Crippen molar-refractivity contribution >= 4 is 0 Å². The molecule has 2 aliphatic heterocycles. The van der Waals surface area contributed by atoms with E-state index < -0.39 is 0 Å². The first-order valence-electron chi connectivity index (χ1n) is 8.77. The third kappa shape index (κ3) is 3.48. The molecule has 1 atom stereocenters. The summed E-state index contributed by atoms with van der Waals surface area (Å²) in [6.45, 7) is 5.48. The zero-order valence-corrected chi connectivity index (χ0v) is 14.8. The predicted molar refractivity (Wildman–Crippen MR) is 91.4 cm³/mol. The molecule has 4 rings (SSSR count). The lowest BCUT2D eigenvalue weighted by Gasteiger charge is -2.25. The molecule has 0 amide bonds. The molecule has 0 N–H and O–H groups in total. The predicted octanol–water partition coefficient (Wildman–Crippen LogP) is 2.03. The molecule has 0 spiro atoms. The molecule has 2 aliphatic rings. The van der Waals surface area contributed by atoms with E-state index in [4.69, 9.17) is 14.2 Å². The van der Waals surface area contributed by atoms with Gasteiger partial charge < -0.3 is 18.8 Å². The van der Waals surface area contributed by atoms with E-state index in [1.165, 1.54) is 0 Å². The smallest absolute Gasteiger partial charge is 0.231 e. The first kappa shape index (κ1) is 16.4. The zero-order chi connectivity index (χ0) is 17.2. The zero-order valence-electron chi connectivity index (χ0n) is 14.8. The van der Waals surface area contributed by atoms with Gasteiger partial charge in [0.25, 0.3) is 0 Å². The normalized spacial score (nSPS) is 19.1. The van der Waals surface area contributed by atoms with E-state index in [0.29, 0.717) is 6.79 Å². The molecule has 134 valence electrons. The van der Waals surface area contributed by atoms with Crippen LogP contribution in [0.4, 0.5) is 0 Å². The molecule has 25 heavy (non-hydrogen) atoms. The van der Waals surface area contributed by atoms with Crippen LogP contribution in [0.2, 0.25) is 0 Å².